The van der Waals surface area contributed by atoms with Crippen LogP contribution in [0.2, 0.25) is 5.02 Å². The molecule has 0 unspecified atom stereocenters. The molecule has 1 aliphatic rings. The minimum Gasteiger partial charge on any atom is -0.354 e. The van der Waals surface area contributed by atoms with E-state index >= 15 is 0 Å². The van der Waals surface area contributed by atoms with Crippen molar-refractivity contribution < 1.29 is 4.79 Å². The van der Waals surface area contributed by atoms with E-state index in [1.165, 1.54) is 0 Å². The molecule has 1 saturated heterocycles. The summed E-state index contributed by atoms with van der Waals surface area (Å²) in [4.78, 5) is 15.6. The molecular weight excluding hydrogens is 252 g/mol. The van der Waals surface area contributed by atoms with Gasteiger partial charge in [0.25, 0.3) is 0 Å². The van der Waals surface area contributed by atoms with Gasteiger partial charge in [0.1, 0.15) is 0 Å². The number of amides is 2. The molecule has 1 aliphatic heterocycles. The van der Waals surface area contributed by atoms with Gasteiger partial charge in [0.2, 0.25) is 5.96 Å². The molecule has 6 heteroatoms. The number of aryl methyl sites for hydroxylation is 1. The molecule has 0 aliphatic carbocycles. The van der Waals surface area contributed by atoms with Crippen LogP contribution in [0.3, 0.4) is 0 Å². The number of guanidine groups is 1. The minimum absolute atomic E-state index is 0.435. The Kier molecular flexibility index (Phi) is 4.04. The number of nitrogens with one attached hydrogen (secondary N) is 3. The fraction of sp³-hybridized carbons (Fsp3) is 0.333. The quantitative estimate of drug-likeness (QED) is 0.767. The van der Waals surface area contributed by atoms with Gasteiger partial charge in [-0.25, -0.2) is 4.79 Å². The Bertz CT molecular complexity index is 479. The zero-order valence-corrected chi connectivity index (χ0v) is 10.8. The van der Waals surface area contributed by atoms with E-state index in [4.69, 9.17) is 11.6 Å². The molecule has 18 heavy (non-hydrogen) atoms. The predicted octanol–water partition coefficient (Wildman–Crippen LogP) is 1.98. The number of hydrogen-bond donors (Lipinski definition) is 3. The third kappa shape index (κ3) is 2.92. The van der Waals surface area contributed by atoms with Crippen LogP contribution in [0.15, 0.2) is 23.2 Å². The number of hydrogen-bond acceptors (Lipinski definition) is 1. The molecule has 1 aromatic carbocycles. The van der Waals surface area contributed by atoms with Crippen molar-refractivity contribution in [2.45, 2.75) is 13.3 Å². The Morgan fingerprint density at radius 3 is 2.83 bits per heavy atom. The lowest BCUT2D eigenvalue weighted by Crippen LogP contribution is -2.26. The maximum Gasteiger partial charge on any atom is 0.348 e. The molecule has 0 saturated carbocycles. The second-order valence-corrected chi connectivity index (χ2v) is 4.28. The van der Waals surface area contributed by atoms with Crippen LogP contribution in [0.5, 0.6) is 0 Å². The number of para-hydroxylation sites is 1. The number of rotatable bonds is 2. The molecule has 0 bridgehead atoms. The number of carbonyl (C=O) groups excluding carboxylic acids is 1. The molecule has 0 radical (unpaired) electrons. The molecule has 1 fully saturated rings. The van der Waals surface area contributed by atoms with Crippen molar-refractivity contribution in [1.29, 1.82) is 0 Å². The predicted molar refractivity (Wildman–Crippen MR) is 73.3 cm³/mol. The number of benzene rings is 1. The molecule has 1 heterocycles. The van der Waals surface area contributed by atoms with E-state index in [9.17, 15) is 4.79 Å². The van der Waals surface area contributed by atoms with Gasteiger partial charge in [0, 0.05) is 13.1 Å². The van der Waals surface area contributed by atoms with Crippen molar-refractivity contribution in [2.24, 2.45) is 4.99 Å². The molecule has 2 rings (SSSR count). The van der Waals surface area contributed by atoms with E-state index in [2.05, 4.69) is 20.9 Å². The average Bonchev–Trinajstić information content (AvgIpc) is 2.84. The first-order valence-electron chi connectivity index (χ1n) is 5.85. The summed E-state index contributed by atoms with van der Waals surface area (Å²) >= 11 is 6.07. The molecule has 96 valence electrons. The van der Waals surface area contributed by atoms with E-state index in [0.29, 0.717) is 16.7 Å². The van der Waals surface area contributed by atoms with Gasteiger partial charge in [-0.1, -0.05) is 30.7 Å². The van der Waals surface area contributed by atoms with Crippen LogP contribution in [-0.4, -0.2) is 25.1 Å². The number of urea groups is 1. The van der Waals surface area contributed by atoms with Crippen molar-refractivity contribution in [3.8, 4) is 0 Å². The first kappa shape index (κ1) is 12.7. The van der Waals surface area contributed by atoms with E-state index in [-0.39, 0.29) is 0 Å². The largest absolute Gasteiger partial charge is 0.354 e. The second kappa shape index (κ2) is 5.73. The Hall–Kier alpha value is -1.75. The lowest BCUT2D eigenvalue weighted by Gasteiger charge is -2.10. The SMILES string of the molecule is CCc1cccc(Cl)c1NC(=O)N=C1NCCN1. The van der Waals surface area contributed by atoms with Crippen LogP contribution in [0, 0.1) is 0 Å². The summed E-state index contributed by atoms with van der Waals surface area (Å²) in [6.07, 6.45) is 0.795. The number of anilines is 1. The summed E-state index contributed by atoms with van der Waals surface area (Å²) in [7, 11) is 0. The maximum absolute atomic E-state index is 11.8. The monoisotopic (exact) mass is 266 g/mol. The van der Waals surface area contributed by atoms with Crippen LogP contribution >= 0.6 is 11.6 Å². The molecular formula is C12H15ClN4O. The highest BCUT2D eigenvalue weighted by Crippen LogP contribution is 2.26. The van der Waals surface area contributed by atoms with E-state index in [1.807, 2.05) is 19.1 Å². The van der Waals surface area contributed by atoms with E-state index in [1.54, 1.807) is 6.07 Å². The fourth-order valence-corrected chi connectivity index (χ4v) is 1.98. The Balaban J connectivity index is 2.13. The Labute approximate surface area is 111 Å². The normalized spacial score (nSPS) is 13.8. The van der Waals surface area contributed by atoms with Gasteiger partial charge in [-0.3, -0.25) is 0 Å². The highest BCUT2D eigenvalue weighted by atomic mass is 35.5. The molecule has 3 N–H and O–H groups in total. The number of halogens is 1. The summed E-state index contributed by atoms with van der Waals surface area (Å²) in [5.41, 5.74) is 1.62. The third-order valence-electron chi connectivity index (χ3n) is 2.64. The van der Waals surface area contributed by atoms with Crippen LogP contribution in [-0.2, 0) is 6.42 Å². The van der Waals surface area contributed by atoms with Crippen LogP contribution in [0.4, 0.5) is 10.5 Å². The van der Waals surface area contributed by atoms with Gasteiger partial charge in [0.15, 0.2) is 0 Å². The first-order valence-corrected chi connectivity index (χ1v) is 6.23. The lowest BCUT2D eigenvalue weighted by atomic mass is 10.1. The van der Waals surface area contributed by atoms with Gasteiger partial charge in [-0.2, -0.15) is 4.99 Å². The van der Waals surface area contributed by atoms with Crippen LogP contribution < -0.4 is 16.0 Å². The van der Waals surface area contributed by atoms with Gasteiger partial charge in [0.05, 0.1) is 10.7 Å². The van der Waals surface area contributed by atoms with Crippen molar-refractivity contribution in [1.82, 2.24) is 10.6 Å². The van der Waals surface area contributed by atoms with Crippen LogP contribution in [0.1, 0.15) is 12.5 Å². The average molecular weight is 267 g/mol. The Morgan fingerprint density at radius 2 is 2.17 bits per heavy atom. The molecule has 0 atom stereocenters. The Morgan fingerprint density at radius 1 is 1.44 bits per heavy atom. The number of nitrogens with zero attached hydrogens (tertiary/aromatic N) is 1. The first-order chi connectivity index (χ1) is 8.70. The molecule has 2 amide bonds. The van der Waals surface area contributed by atoms with Crippen molar-refractivity contribution in [2.75, 3.05) is 18.4 Å². The van der Waals surface area contributed by atoms with E-state index < -0.39 is 6.03 Å². The number of carbonyl (C=O) groups is 1. The highest BCUT2D eigenvalue weighted by Gasteiger charge is 2.11. The summed E-state index contributed by atoms with van der Waals surface area (Å²) in [5, 5.41) is 9.16. The topological polar surface area (TPSA) is 65.5 Å². The highest BCUT2D eigenvalue weighted by molar-refractivity contribution is 6.34. The van der Waals surface area contributed by atoms with Crippen molar-refractivity contribution >= 4 is 29.3 Å². The summed E-state index contributed by atoms with van der Waals surface area (Å²) in [6, 6.07) is 5.11. The molecule has 5 nitrogen and oxygen atoms in total. The second-order valence-electron chi connectivity index (χ2n) is 3.87. The van der Waals surface area contributed by atoms with Crippen molar-refractivity contribution in [3.63, 3.8) is 0 Å². The molecule has 0 aromatic heterocycles. The smallest absolute Gasteiger partial charge is 0.348 e. The number of aliphatic imine (C=N–C) groups is 1. The van der Waals surface area contributed by atoms with Crippen LogP contribution in [0.25, 0.3) is 0 Å². The zero-order valence-electron chi connectivity index (χ0n) is 10.1. The summed E-state index contributed by atoms with van der Waals surface area (Å²) in [6.45, 7) is 3.56. The van der Waals surface area contributed by atoms with Gasteiger partial charge >= 0.3 is 6.03 Å². The van der Waals surface area contributed by atoms with E-state index in [0.717, 1.165) is 25.1 Å². The molecule has 1 aromatic rings. The summed E-state index contributed by atoms with van der Waals surface area (Å²) in [5.74, 6) is 0.498. The van der Waals surface area contributed by atoms with Crippen molar-refractivity contribution in [3.05, 3.63) is 28.8 Å². The fourth-order valence-electron chi connectivity index (χ4n) is 1.74. The van der Waals surface area contributed by atoms with Gasteiger partial charge < -0.3 is 16.0 Å². The zero-order chi connectivity index (χ0) is 13.0. The minimum atomic E-state index is -0.435. The van der Waals surface area contributed by atoms with Gasteiger partial charge in [-0.05, 0) is 18.1 Å². The molecule has 0 spiro atoms. The van der Waals surface area contributed by atoms with Gasteiger partial charge in [-0.15, -0.1) is 0 Å². The lowest BCUT2D eigenvalue weighted by molar-refractivity contribution is 0.259. The maximum atomic E-state index is 11.8. The third-order valence-corrected chi connectivity index (χ3v) is 2.95. The summed E-state index contributed by atoms with van der Waals surface area (Å²) < 4.78 is 0. The standard InChI is InChI=1S/C12H15ClN4O/c1-2-8-4-3-5-9(13)10(8)16-12(18)17-11-14-6-7-15-11/h3-5H,2,6-7H2,1H3,(H3,14,15,16,17,18).